The van der Waals surface area contributed by atoms with Gasteiger partial charge in [0.25, 0.3) is 0 Å². The third-order valence-corrected chi connectivity index (χ3v) is 7.08. The van der Waals surface area contributed by atoms with Crippen LogP contribution in [0.25, 0.3) is 28.0 Å². The number of anilines is 1. The lowest BCUT2D eigenvalue weighted by atomic mass is 9.97. The lowest BCUT2D eigenvalue weighted by Gasteiger charge is -2.28. The maximum Gasteiger partial charge on any atom is 0.419 e. The second-order valence-electron chi connectivity index (χ2n) is 11.0. The van der Waals surface area contributed by atoms with Crippen molar-refractivity contribution in [2.24, 2.45) is 0 Å². The van der Waals surface area contributed by atoms with Gasteiger partial charge in [-0.3, -0.25) is 9.69 Å². The van der Waals surface area contributed by atoms with Crippen molar-refractivity contribution >= 4 is 39.8 Å². The third-order valence-electron chi connectivity index (χ3n) is 7.08. The molecule has 0 saturated heterocycles. The van der Waals surface area contributed by atoms with Gasteiger partial charge in [-0.2, -0.15) is 0 Å². The number of aryl methyl sites for hydroxylation is 1. The van der Waals surface area contributed by atoms with Crippen molar-refractivity contribution in [3.63, 3.8) is 0 Å². The van der Waals surface area contributed by atoms with Crippen LogP contribution in [0.4, 0.5) is 10.5 Å². The Morgan fingerprint density at radius 3 is 2.44 bits per heavy atom. The van der Waals surface area contributed by atoms with Gasteiger partial charge in [0.15, 0.2) is 11.5 Å². The van der Waals surface area contributed by atoms with Gasteiger partial charge in [-0.15, -0.1) is 0 Å². The second kappa shape index (κ2) is 10.4. The summed E-state index contributed by atoms with van der Waals surface area (Å²) < 4.78 is 23.8. The van der Waals surface area contributed by atoms with Crippen LogP contribution in [-0.2, 0) is 6.42 Å². The van der Waals surface area contributed by atoms with Crippen molar-refractivity contribution in [1.29, 1.82) is 0 Å². The molecular formula is C33H33NO7. The minimum Gasteiger partial charge on any atom is -0.506 e. The Kier molecular flexibility index (Phi) is 7.03. The van der Waals surface area contributed by atoms with Gasteiger partial charge in [0.1, 0.15) is 33.7 Å². The van der Waals surface area contributed by atoms with Crippen LogP contribution >= 0.6 is 0 Å². The number of carbonyl (C=O) groups excluding carboxylic acids is 1. The van der Waals surface area contributed by atoms with E-state index in [-0.39, 0.29) is 39.2 Å². The van der Waals surface area contributed by atoms with Crippen molar-refractivity contribution in [1.82, 2.24) is 0 Å². The molecule has 0 atom stereocenters. The van der Waals surface area contributed by atoms with E-state index in [0.29, 0.717) is 29.0 Å². The Balaban J connectivity index is 1.72. The average molecular weight is 556 g/mol. The smallest absolute Gasteiger partial charge is 0.419 e. The molecule has 8 heteroatoms. The van der Waals surface area contributed by atoms with Gasteiger partial charge in [0, 0.05) is 30.4 Å². The molecule has 0 radical (unpaired) electrons. The van der Waals surface area contributed by atoms with E-state index in [1.165, 1.54) is 18.1 Å². The third kappa shape index (κ3) is 5.13. The summed E-state index contributed by atoms with van der Waals surface area (Å²) in [7, 11) is 3.06. The first-order chi connectivity index (χ1) is 19.4. The number of benzene rings is 3. The van der Waals surface area contributed by atoms with Crippen LogP contribution in [0.1, 0.15) is 44.4 Å². The molecule has 1 N–H and O–H groups in total. The van der Waals surface area contributed by atoms with Crippen molar-refractivity contribution < 1.29 is 28.5 Å². The van der Waals surface area contributed by atoms with Crippen LogP contribution in [0.2, 0.25) is 0 Å². The highest BCUT2D eigenvalue weighted by Gasteiger charge is 2.29. The summed E-state index contributed by atoms with van der Waals surface area (Å²) in [5.74, 6) is 0.512. The van der Waals surface area contributed by atoms with E-state index in [9.17, 15) is 14.7 Å². The number of hydrogen-bond donors (Lipinski definition) is 1. The summed E-state index contributed by atoms with van der Waals surface area (Å²) in [5, 5.41) is 11.5. The van der Waals surface area contributed by atoms with Crippen LogP contribution < -0.4 is 24.5 Å². The van der Waals surface area contributed by atoms with Gasteiger partial charge in [0.2, 0.25) is 5.43 Å². The Morgan fingerprint density at radius 1 is 1.10 bits per heavy atom. The number of phenolic OH excluding ortho intramolecular Hbond substituents is 1. The van der Waals surface area contributed by atoms with Crippen LogP contribution in [0.15, 0.2) is 63.3 Å². The number of carbonyl (C=O) groups is 1. The fraction of sp³-hybridized carbons (Fsp3) is 0.273. The predicted octanol–water partition coefficient (Wildman–Crippen LogP) is 7.30. The van der Waals surface area contributed by atoms with Gasteiger partial charge in [0.05, 0.1) is 18.1 Å². The first kappa shape index (κ1) is 27.8. The monoisotopic (exact) mass is 555 g/mol. The number of aromatic hydroxyl groups is 1. The summed E-state index contributed by atoms with van der Waals surface area (Å²) in [6.45, 7) is 9.63. The van der Waals surface area contributed by atoms with E-state index in [4.69, 9.17) is 18.6 Å². The number of allylic oxidation sites excluding steroid dienone is 2. The highest BCUT2D eigenvalue weighted by atomic mass is 16.6. The summed E-state index contributed by atoms with van der Waals surface area (Å²) in [6, 6.07) is 10.5. The van der Waals surface area contributed by atoms with Crippen molar-refractivity contribution in [2.75, 3.05) is 19.1 Å². The quantitative estimate of drug-likeness (QED) is 0.204. The number of rotatable bonds is 5. The summed E-state index contributed by atoms with van der Waals surface area (Å²) >= 11 is 0. The number of nitrogens with zero attached hydrogens (tertiary/aromatic N) is 1. The molecule has 8 nitrogen and oxygen atoms in total. The molecule has 212 valence electrons. The minimum absolute atomic E-state index is 0.0357. The first-order valence-electron chi connectivity index (χ1n) is 13.3. The van der Waals surface area contributed by atoms with Gasteiger partial charge in [-0.05, 0) is 65.3 Å². The lowest BCUT2D eigenvalue weighted by molar-refractivity contribution is 0.158. The number of hydrogen-bond acceptors (Lipinski definition) is 7. The predicted molar refractivity (Wildman–Crippen MR) is 161 cm³/mol. The molecule has 1 aromatic heterocycles. The zero-order valence-electron chi connectivity index (χ0n) is 24.2. The molecule has 5 rings (SSSR count). The number of ether oxygens (including phenoxy) is 3. The highest BCUT2D eigenvalue weighted by molar-refractivity contribution is 6.00. The molecule has 3 aromatic carbocycles. The molecule has 0 aliphatic carbocycles. The molecule has 1 amide bonds. The standard InChI is InChI=1S/C33H33NO7/c1-18(2)8-13-22-27-24(17-26(31(22)38-7)40-32(37)34(6)20-11-9-19(3)10-12-20)39-25-16-23-21(14-15-33(4,5)41-23)29(35)28(25)30(27)36/h8-12,14-17,35H,13H2,1-7H3. The van der Waals surface area contributed by atoms with Gasteiger partial charge in [-0.1, -0.05) is 29.3 Å². The van der Waals surface area contributed by atoms with Crippen molar-refractivity contribution in [2.45, 2.75) is 46.6 Å². The first-order valence-corrected chi connectivity index (χ1v) is 13.3. The SMILES string of the molecule is COc1c(OC(=O)N(C)c2ccc(C)cc2)cc2oc3cc4c(c(O)c3c(=O)c2c1CC=C(C)C)C=CC(C)(C)O4. The molecule has 4 aromatic rings. The molecule has 1 aliphatic rings. The van der Waals surface area contributed by atoms with E-state index in [2.05, 4.69) is 0 Å². The molecule has 0 unspecified atom stereocenters. The fourth-order valence-corrected chi connectivity index (χ4v) is 4.86. The second-order valence-corrected chi connectivity index (χ2v) is 11.0. The van der Waals surface area contributed by atoms with Gasteiger partial charge >= 0.3 is 6.09 Å². The molecule has 2 heterocycles. The van der Waals surface area contributed by atoms with E-state index < -0.39 is 17.1 Å². The summed E-state index contributed by atoms with van der Waals surface area (Å²) in [4.78, 5) is 28.6. The topological polar surface area (TPSA) is 98.4 Å². The van der Waals surface area contributed by atoms with Gasteiger partial charge in [-0.25, -0.2) is 4.79 Å². The van der Waals surface area contributed by atoms with Crippen molar-refractivity contribution in [3.05, 3.63) is 81.0 Å². The molecule has 0 bridgehead atoms. The summed E-state index contributed by atoms with van der Waals surface area (Å²) in [6.07, 6.45) is 5.17. The zero-order chi connectivity index (χ0) is 29.6. The van der Waals surface area contributed by atoms with Crippen LogP contribution in [-0.4, -0.2) is 31.0 Å². The molecule has 0 fully saturated rings. The van der Waals surface area contributed by atoms with Gasteiger partial charge < -0.3 is 23.7 Å². The maximum atomic E-state index is 14.0. The number of phenols is 1. The van der Waals surface area contributed by atoms with Crippen LogP contribution in [0.5, 0.6) is 23.0 Å². The summed E-state index contributed by atoms with van der Waals surface area (Å²) in [5.41, 5.74) is 2.94. The number of fused-ring (bicyclic) bond motifs is 3. The van der Waals surface area contributed by atoms with E-state index in [0.717, 1.165) is 11.1 Å². The Morgan fingerprint density at radius 2 is 1.78 bits per heavy atom. The molecule has 0 saturated carbocycles. The Hall–Kier alpha value is -4.72. The largest absolute Gasteiger partial charge is 0.506 e. The Labute approximate surface area is 238 Å². The number of amides is 1. The van der Waals surface area contributed by atoms with Crippen LogP contribution in [0, 0.1) is 6.92 Å². The zero-order valence-corrected chi connectivity index (χ0v) is 24.2. The lowest BCUT2D eigenvalue weighted by Crippen LogP contribution is -2.29. The molecular weight excluding hydrogens is 522 g/mol. The highest BCUT2D eigenvalue weighted by Crippen LogP contribution is 2.43. The minimum atomic E-state index is -0.642. The van der Waals surface area contributed by atoms with E-state index in [1.54, 1.807) is 19.2 Å². The number of methoxy groups -OCH3 is 1. The fourth-order valence-electron chi connectivity index (χ4n) is 4.86. The molecule has 41 heavy (non-hydrogen) atoms. The van der Waals surface area contributed by atoms with E-state index in [1.807, 2.05) is 71.0 Å². The van der Waals surface area contributed by atoms with E-state index >= 15 is 0 Å². The average Bonchev–Trinajstić information content (AvgIpc) is 2.90. The molecule has 1 aliphatic heterocycles. The Bertz CT molecular complexity index is 1810. The van der Waals surface area contributed by atoms with Crippen molar-refractivity contribution in [3.8, 4) is 23.0 Å². The maximum absolute atomic E-state index is 14.0. The normalized spacial score (nSPS) is 13.4. The van der Waals surface area contributed by atoms with Crippen LogP contribution in [0.3, 0.4) is 0 Å². The molecule has 0 spiro atoms.